The number of nitrogens with two attached hydrogens (primary N) is 1. The molecule has 1 aliphatic rings. The van der Waals surface area contributed by atoms with Gasteiger partial charge in [0.25, 0.3) is 27.7 Å². The minimum absolute atomic E-state index is 0.00131. The number of urea groups is 1. The van der Waals surface area contributed by atoms with Gasteiger partial charge in [0, 0.05) is 55.4 Å². The highest BCUT2D eigenvalue weighted by Crippen LogP contribution is 2.29. The van der Waals surface area contributed by atoms with Gasteiger partial charge in [-0.05, 0) is 80.8 Å². The molecule has 0 bridgehead atoms. The molecule has 0 aromatic heterocycles. The Balaban J connectivity index is 1.65. The van der Waals surface area contributed by atoms with Crippen molar-refractivity contribution in [3.8, 4) is 0 Å². The monoisotopic (exact) mass is 1030 g/mol. The third-order valence-electron chi connectivity index (χ3n) is 12.4. The molecule has 0 spiro atoms. The van der Waals surface area contributed by atoms with E-state index in [1.807, 2.05) is 78.8 Å². The number of nitrogens with one attached hydrogen (secondary N) is 7. The average molecular weight is 1040 g/mol. The van der Waals surface area contributed by atoms with Crippen LogP contribution in [0.4, 0.5) is 10.5 Å². The number of carbonyl (C=O) groups is 9. The van der Waals surface area contributed by atoms with Crippen LogP contribution in [0.2, 0.25) is 0 Å². The maximum Gasteiger partial charge on any atom is 0.312 e. The van der Waals surface area contributed by atoms with Gasteiger partial charge in [0.1, 0.15) is 12.1 Å². The number of likely N-dealkylation sites (N-methyl/N-ethyl adjacent to an activating group) is 2. The van der Waals surface area contributed by atoms with Crippen molar-refractivity contribution in [3.63, 3.8) is 0 Å². The normalized spacial score (nSPS) is 14.7. The number of benzene rings is 2. The number of primary amides is 1. The predicted octanol–water partition coefficient (Wildman–Crippen LogP) is 2.49. The fraction of sp³-hybridized carbons (Fsp3) is 0.510. The highest BCUT2D eigenvalue weighted by Gasteiger charge is 2.42. The van der Waals surface area contributed by atoms with E-state index in [0.717, 1.165) is 22.6 Å². The molecule has 0 aliphatic carbocycles. The molecule has 0 unspecified atom stereocenters. The molecule has 3 rings (SSSR count). The number of unbranched alkanes of at least 4 members (excludes halogenated alkanes) is 2. The van der Waals surface area contributed by atoms with Gasteiger partial charge in [0.2, 0.25) is 29.5 Å². The molecule has 1 aliphatic heterocycles. The van der Waals surface area contributed by atoms with Crippen LogP contribution in [0.1, 0.15) is 99.5 Å². The second-order valence-electron chi connectivity index (χ2n) is 19.9. The SMILES string of the molecule is CN[C@H](C(=O)N[C@H](C(=O)N(C)[C@H](/C=C(\C)C(=O)NS(=O)(=O)c1ccc(NC(=O)[C@H](CCCNC(N)=O)NC(=O)CNC(=O)CCCCCN2C(=O)C=CC2=O)cc1)C(C)C)C(C)(C)C)C(C)(C)c1ccccc1. The zero-order valence-electron chi connectivity index (χ0n) is 43.5. The smallest absolute Gasteiger partial charge is 0.312 e. The molecule has 21 nitrogen and oxygen atoms in total. The van der Waals surface area contributed by atoms with Crippen LogP contribution in [0.5, 0.6) is 0 Å². The standard InChI is InChI=1S/C51H74N10O11S/c1-32(2)38(60(10)48(69)44(50(4,5)6)58-47(68)43(53-9)51(7,8)34-18-13-11-14-19-34)30-33(3)45(66)59-73(71,72)36-24-22-35(23-25-36)56-46(67)37(20-17-28-54-49(52)70)57-40(63)31-55-39(62)21-15-12-16-29-61-41(64)26-27-42(61)65/h11,13-14,18-19,22-27,30,32,37-38,43-44,53H,12,15-17,20-21,28-29,31H2,1-10H3,(H,55,62)(H,56,67)(H,57,63)(H,58,68)(H,59,66)(H3,52,54,70)/b33-30+/t37-,38+,43+,44+/m0/s1. The number of amides is 10. The quantitative estimate of drug-likeness (QED) is 0.0364. The molecule has 0 saturated heterocycles. The fourth-order valence-electron chi connectivity index (χ4n) is 8.05. The largest absolute Gasteiger partial charge is 0.352 e. The van der Waals surface area contributed by atoms with Crippen molar-refractivity contribution >= 4 is 69.0 Å². The summed E-state index contributed by atoms with van der Waals surface area (Å²) in [5, 5.41) is 16.2. The molecule has 2 aromatic rings. The van der Waals surface area contributed by atoms with Gasteiger partial charge in [-0.3, -0.25) is 43.3 Å². The molecule has 0 saturated carbocycles. The highest BCUT2D eigenvalue weighted by molar-refractivity contribution is 7.90. The Morgan fingerprint density at radius 1 is 0.781 bits per heavy atom. The summed E-state index contributed by atoms with van der Waals surface area (Å²) in [6.07, 6.45) is 5.72. The van der Waals surface area contributed by atoms with Gasteiger partial charge in [-0.2, -0.15) is 0 Å². The molecular formula is C51H74N10O11S. The number of carbonyl (C=O) groups excluding carboxylic acids is 9. The van der Waals surface area contributed by atoms with Crippen molar-refractivity contribution in [1.29, 1.82) is 0 Å². The van der Waals surface area contributed by atoms with Crippen LogP contribution in [0.3, 0.4) is 0 Å². The second-order valence-corrected chi connectivity index (χ2v) is 21.6. The number of rotatable bonds is 27. The summed E-state index contributed by atoms with van der Waals surface area (Å²) >= 11 is 0. The lowest BCUT2D eigenvalue weighted by Gasteiger charge is -2.40. The second kappa shape index (κ2) is 27.2. The van der Waals surface area contributed by atoms with Crippen LogP contribution in [0.15, 0.2) is 83.3 Å². The van der Waals surface area contributed by atoms with E-state index < -0.39 is 87.1 Å². The first-order chi connectivity index (χ1) is 34.1. The maximum absolute atomic E-state index is 14.3. The third-order valence-corrected chi connectivity index (χ3v) is 13.7. The lowest BCUT2D eigenvalue weighted by atomic mass is 9.76. The topological polar surface area (TPSA) is 304 Å². The maximum atomic E-state index is 14.3. The minimum Gasteiger partial charge on any atom is -0.352 e. The zero-order valence-corrected chi connectivity index (χ0v) is 44.4. The zero-order chi connectivity index (χ0) is 54.8. The Morgan fingerprint density at radius 3 is 1.96 bits per heavy atom. The van der Waals surface area contributed by atoms with E-state index in [2.05, 4.69) is 36.6 Å². The first kappa shape index (κ1) is 60.4. The highest BCUT2D eigenvalue weighted by atomic mass is 32.2. The fourth-order valence-corrected chi connectivity index (χ4v) is 9.07. The Kier molecular flexibility index (Phi) is 22.5. The van der Waals surface area contributed by atoms with E-state index in [1.54, 1.807) is 14.1 Å². The average Bonchev–Trinajstić information content (AvgIpc) is 3.64. The number of sulfonamides is 1. The number of hydrogen-bond donors (Lipinski definition) is 8. The van der Waals surface area contributed by atoms with Crippen LogP contribution < -0.4 is 42.4 Å². The summed E-state index contributed by atoms with van der Waals surface area (Å²) in [5.41, 5.74) is 4.82. The van der Waals surface area contributed by atoms with Crippen molar-refractivity contribution in [1.82, 2.24) is 41.1 Å². The lowest BCUT2D eigenvalue weighted by molar-refractivity contribution is -0.141. The van der Waals surface area contributed by atoms with Gasteiger partial charge in [-0.1, -0.05) is 91.3 Å². The molecule has 22 heteroatoms. The molecule has 2 aromatic carbocycles. The van der Waals surface area contributed by atoms with Crippen molar-refractivity contribution in [3.05, 3.63) is 84.0 Å². The summed E-state index contributed by atoms with van der Waals surface area (Å²) in [6.45, 7) is 14.4. The van der Waals surface area contributed by atoms with Crippen LogP contribution in [-0.4, -0.2) is 129 Å². The van der Waals surface area contributed by atoms with Gasteiger partial charge < -0.3 is 42.5 Å². The molecule has 0 radical (unpaired) electrons. The Bertz CT molecular complexity index is 2470. The summed E-state index contributed by atoms with van der Waals surface area (Å²) < 4.78 is 29.0. The molecular weight excluding hydrogens is 961 g/mol. The summed E-state index contributed by atoms with van der Waals surface area (Å²) in [6, 6.07) is 10.1. The molecule has 9 N–H and O–H groups in total. The minimum atomic E-state index is -4.47. The Morgan fingerprint density at radius 2 is 1.40 bits per heavy atom. The number of hydrogen-bond acceptors (Lipinski definition) is 12. The third kappa shape index (κ3) is 18.3. The molecule has 0 fully saturated rings. The van der Waals surface area contributed by atoms with Gasteiger partial charge in [0.05, 0.1) is 23.5 Å². The van der Waals surface area contributed by atoms with Gasteiger partial charge in [0.15, 0.2) is 0 Å². The lowest BCUT2D eigenvalue weighted by Crippen LogP contribution is -2.61. The van der Waals surface area contributed by atoms with Crippen LogP contribution in [-0.2, 0) is 53.8 Å². The first-order valence-electron chi connectivity index (χ1n) is 24.2. The molecule has 10 amide bonds. The van der Waals surface area contributed by atoms with E-state index in [1.165, 1.54) is 42.2 Å². The summed E-state index contributed by atoms with van der Waals surface area (Å²) in [5.74, 6) is -4.56. The van der Waals surface area contributed by atoms with Gasteiger partial charge in [-0.25, -0.2) is 17.9 Å². The molecule has 400 valence electrons. The number of imide groups is 1. The Hall–Kier alpha value is -6.94. The van der Waals surface area contributed by atoms with E-state index in [4.69, 9.17) is 5.73 Å². The Labute approximate surface area is 428 Å². The predicted molar refractivity (Wildman–Crippen MR) is 275 cm³/mol. The summed E-state index contributed by atoms with van der Waals surface area (Å²) in [4.78, 5) is 117. The van der Waals surface area contributed by atoms with Crippen molar-refractivity contribution in [2.75, 3.05) is 39.0 Å². The van der Waals surface area contributed by atoms with Gasteiger partial charge in [-0.15, -0.1) is 0 Å². The number of anilines is 1. The van der Waals surface area contributed by atoms with Crippen LogP contribution in [0, 0.1) is 11.3 Å². The summed E-state index contributed by atoms with van der Waals surface area (Å²) in [7, 11) is -1.22. The van der Waals surface area contributed by atoms with Crippen LogP contribution >= 0.6 is 0 Å². The molecule has 4 atom stereocenters. The van der Waals surface area contributed by atoms with Crippen molar-refractivity contribution in [2.24, 2.45) is 17.1 Å². The number of nitrogens with zero attached hydrogens (tertiary/aromatic N) is 2. The molecule has 1 heterocycles. The van der Waals surface area contributed by atoms with E-state index in [0.29, 0.717) is 19.3 Å². The van der Waals surface area contributed by atoms with E-state index in [-0.39, 0.29) is 72.1 Å². The van der Waals surface area contributed by atoms with Crippen LogP contribution in [0.25, 0.3) is 0 Å². The van der Waals surface area contributed by atoms with Gasteiger partial charge >= 0.3 is 6.03 Å². The van der Waals surface area contributed by atoms with E-state index in [9.17, 15) is 51.6 Å². The first-order valence-corrected chi connectivity index (χ1v) is 25.7. The van der Waals surface area contributed by atoms with Crippen molar-refractivity contribution in [2.45, 2.75) is 128 Å². The van der Waals surface area contributed by atoms with Crippen molar-refractivity contribution < 1.29 is 51.6 Å². The van der Waals surface area contributed by atoms with E-state index >= 15 is 0 Å². The molecule has 73 heavy (non-hydrogen) atoms.